The van der Waals surface area contributed by atoms with Crippen LogP contribution in [-0.2, 0) is 13.1 Å². The molecule has 2 heterocycles. The molecule has 0 spiro atoms. The predicted octanol–water partition coefficient (Wildman–Crippen LogP) is 4.49. The summed E-state index contributed by atoms with van der Waals surface area (Å²) in [6.07, 6.45) is 1.73. The summed E-state index contributed by atoms with van der Waals surface area (Å²) in [4.78, 5) is 28.2. The molecule has 0 atom stereocenters. The van der Waals surface area contributed by atoms with Crippen molar-refractivity contribution in [3.8, 4) is 11.3 Å². The third kappa shape index (κ3) is 4.81. The number of carbonyl (C=O) groups is 1. The van der Waals surface area contributed by atoms with Crippen molar-refractivity contribution < 1.29 is 4.79 Å². The fourth-order valence-electron chi connectivity index (χ4n) is 3.63. The second kappa shape index (κ2) is 9.24. The number of carbonyl (C=O) groups excluding carboxylic acids is 1. The smallest absolute Gasteiger partial charge is 0.255 e. The lowest BCUT2D eigenvalue weighted by molar-refractivity contribution is 0.0951. The Morgan fingerprint density at radius 2 is 1.81 bits per heavy atom. The van der Waals surface area contributed by atoms with Gasteiger partial charge in [-0.3, -0.25) is 14.3 Å². The Labute approximate surface area is 190 Å². The molecule has 0 radical (unpaired) electrons. The molecule has 0 aliphatic heterocycles. The summed E-state index contributed by atoms with van der Waals surface area (Å²) >= 11 is 6.03. The van der Waals surface area contributed by atoms with Crippen LogP contribution in [0.2, 0.25) is 5.02 Å². The van der Waals surface area contributed by atoms with Crippen molar-refractivity contribution in [3.05, 3.63) is 110 Å². The first-order valence-electron chi connectivity index (χ1n) is 10.3. The monoisotopic (exact) mass is 446 g/mol. The van der Waals surface area contributed by atoms with Gasteiger partial charge in [0.2, 0.25) is 0 Å². The van der Waals surface area contributed by atoms with E-state index in [1.165, 1.54) is 0 Å². The van der Waals surface area contributed by atoms with E-state index in [2.05, 4.69) is 15.4 Å². The average molecular weight is 447 g/mol. The van der Waals surface area contributed by atoms with Gasteiger partial charge in [-0.15, -0.1) is 0 Å². The number of halogens is 1. The van der Waals surface area contributed by atoms with Gasteiger partial charge in [-0.25, -0.2) is 0 Å². The highest BCUT2D eigenvalue weighted by molar-refractivity contribution is 6.30. The highest BCUT2D eigenvalue weighted by Gasteiger charge is 2.19. The molecule has 4 rings (SSSR count). The fourth-order valence-corrected chi connectivity index (χ4v) is 3.75. The Hall–Kier alpha value is -3.64. The average Bonchev–Trinajstić information content (AvgIpc) is 3.18. The van der Waals surface area contributed by atoms with E-state index >= 15 is 0 Å². The minimum atomic E-state index is -0.298. The quantitative estimate of drug-likeness (QED) is 0.458. The van der Waals surface area contributed by atoms with Crippen molar-refractivity contribution in [1.29, 1.82) is 0 Å². The van der Waals surface area contributed by atoms with Gasteiger partial charge >= 0.3 is 0 Å². The van der Waals surface area contributed by atoms with Gasteiger partial charge in [0.15, 0.2) is 0 Å². The molecule has 0 bridgehead atoms. The van der Waals surface area contributed by atoms with E-state index in [0.717, 1.165) is 22.4 Å². The number of hydrogen-bond acceptors (Lipinski definition) is 3. The summed E-state index contributed by atoms with van der Waals surface area (Å²) in [6, 6.07) is 19.0. The second-order valence-corrected chi connectivity index (χ2v) is 8.14. The SMILES string of the molecule is Cc1cc(C)c(CNC(=O)c2cn(Cc3ccccc3)nc2-c2ccc(Cl)cc2)c(=O)[nH]1. The zero-order valence-corrected chi connectivity index (χ0v) is 18.6. The summed E-state index contributed by atoms with van der Waals surface area (Å²) in [5.74, 6) is -0.298. The first-order valence-corrected chi connectivity index (χ1v) is 10.6. The first kappa shape index (κ1) is 21.6. The summed E-state index contributed by atoms with van der Waals surface area (Å²) in [5.41, 5.74) is 4.82. The largest absolute Gasteiger partial charge is 0.348 e. The maximum absolute atomic E-state index is 13.1. The lowest BCUT2D eigenvalue weighted by Gasteiger charge is -2.08. The summed E-state index contributed by atoms with van der Waals surface area (Å²) in [7, 11) is 0. The van der Waals surface area contributed by atoms with Crippen molar-refractivity contribution >= 4 is 17.5 Å². The molecule has 0 saturated heterocycles. The van der Waals surface area contributed by atoms with Gasteiger partial charge < -0.3 is 10.3 Å². The van der Waals surface area contributed by atoms with Gasteiger partial charge in [-0.1, -0.05) is 54.1 Å². The number of H-pyrrole nitrogens is 1. The van der Waals surface area contributed by atoms with Gasteiger partial charge in [0.05, 0.1) is 12.1 Å². The lowest BCUT2D eigenvalue weighted by Crippen LogP contribution is -2.28. The van der Waals surface area contributed by atoms with Gasteiger partial charge in [-0.2, -0.15) is 5.10 Å². The molecule has 1 amide bonds. The maximum atomic E-state index is 13.1. The van der Waals surface area contributed by atoms with Crippen molar-refractivity contribution in [1.82, 2.24) is 20.1 Å². The molecular weight excluding hydrogens is 424 g/mol. The molecule has 0 aliphatic rings. The number of hydrogen-bond donors (Lipinski definition) is 2. The third-order valence-corrected chi connectivity index (χ3v) is 5.48. The summed E-state index contributed by atoms with van der Waals surface area (Å²) in [6.45, 7) is 4.35. The number of aryl methyl sites for hydroxylation is 2. The molecule has 0 fully saturated rings. The molecule has 2 aromatic carbocycles. The predicted molar refractivity (Wildman–Crippen MR) is 126 cm³/mol. The summed E-state index contributed by atoms with van der Waals surface area (Å²) < 4.78 is 1.75. The zero-order chi connectivity index (χ0) is 22.7. The highest BCUT2D eigenvalue weighted by Crippen LogP contribution is 2.24. The Morgan fingerprint density at radius 3 is 2.50 bits per heavy atom. The number of aromatic nitrogens is 3. The lowest BCUT2D eigenvalue weighted by atomic mass is 10.1. The van der Waals surface area contributed by atoms with Crippen molar-refractivity contribution in [3.63, 3.8) is 0 Å². The molecule has 7 heteroatoms. The normalized spacial score (nSPS) is 10.8. The molecule has 4 aromatic rings. The number of pyridine rings is 1. The number of rotatable bonds is 6. The number of amides is 1. The van der Waals surface area contributed by atoms with Crippen LogP contribution in [0.1, 0.15) is 32.7 Å². The molecule has 2 N–H and O–H groups in total. The highest BCUT2D eigenvalue weighted by atomic mass is 35.5. The second-order valence-electron chi connectivity index (χ2n) is 7.71. The van der Waals surface area contributed by atoms with E-state index in [0.29, 0.717) is 28.4 Å². The van der Waals surface area contributed by atoms with Gasteiger partial charge in [0, 0.05) is 34.6 Å². The Morgan fingerprint density at radius 1 is 1.09 bits per heavy atom. The fraction of sp³-hybridized carbons (Fsp3) is 0.160. The van der Waals surface area contributed by atoms with Crippen molar-refractivity contribution in [2.45, 2.75) is 26.9 Å². The molecule has 0 aliphatic carbocycles. The van der Waals surface area contributed by atoms with E-state index in [1.807, 2.05) is 62.4 Å². The summed E-state index contributed by atoms with van der Waals surface area (Å²) in [5, 5.41) is 8.16. The molecular formula is C25H23ClN4O2. The van der Waals surface area contributed by atoms with Crippen LogP contribution in [0.25, 0.3) is 11.3 Å². The van der Waals surface area contributed by atoms with Gasteiger partial charge in [0.25, 0.3) is 11.5 Å². The van der Waals surface area contributed by atoms with Gasteiger partial charge in [0.1, 0.15) is 5.69 Å². The number of benzene rings is 2. The topological polar surface area (TPSA) is 79.8 Å². The van der Waals surface area contributed by atoms with Crippen LogP contribution in [0, 0.1) is 13.8 Å². The van der Waals surface area contributed by atoms with Crippen molar-refractivity contribution in [2.24, 2.45) is 0 Å². The number of nitrogens with one attached hydrogen (secondary N) is 2. The van der Waals surface area contributed by atoms with Crippen LogP contribution in [0.15, 0.2) is 71.7 Å². The maximum Gasteiger partial charge on any atom is 0.255 e. The Bertz CT molecular complexity index is 1310. The number of nitrogens with zero attached hydrogens (tertiary/aromatic N) is 2. The standard InChI is InChI=1S/C25H23ClN4O2/c1-16-12-17(2)28-25(32)21(16)13-27-24(31)22-15-30(14-18-6-4-3-5-7-18)29-23(22)19-8-10-20(26)11-9-19/h3-12,15H,13-14H2,1-2H3,(H,27,31)(H,28,32). The van der Waals surface area contributed by atoms with Crippen LogP contribution in [0.4, 0.5) is 0 Å². The molecule has 2 aromatic heterocycles. The molecule has 32 heavy (non-hydrogen) atoms. The first-order chi connectivity index (χ1) is 15.4. The third-order valence-electron chi connectivity index (χ3n) is 5.23. The van der Waals surface area contributed by atoms with E-state index < -0.39 is 0 Å². The molecule has 162 valence electrons. The minimum absolute atomic E-state index is 0.129. The van der Waals surface area contributed by atoms with Crippen LogP contribution in [-0.4, -0.2) is 20.7 Å². The van der Waals surface area contributed by atoms with Crippen LogP contribution in [0.5, 0.6) is 0 Å². The van der Waals surface area contributed by atoms with Crippen LogP contribution in [0.3, 0.4) is 0 Å². The molecule has 0 unspecified atom stereocenters. The van der Waals surface area contributed by atoms with Gasteiger partial charge in [-0.05, 0) is 43.2 Å². The Balaban J connectivity index is 1.64. The Kier molecular flexibility index (Phi) is 6.23. The molecule has 0 saturated carbocycles. The van der Waals surface area contributed by atoms with E-state index in [9.17, 15) is 9.59 Å². The van der Waals surface area contributed by atoms with E-state index in [-0.39, 0.29) is 18.0 Å². The van der Waals surface area contributed by atoms with Crippen LogP contribution < -0.4 is 10.9 Å². The van der Waals surface area contributed by atoms with E-state index in [1.54, 1.807) is 23.0 Å². The van der Waals surface area contributed by atoms with Crippen molar-refractivity contribution in [2.75, 3.05) is 0 Å². The van der Waals surface area contributed by atoms with Crippen LogP contribution >= 0.6 is 11.6 Å². The molecule has 6 nitrogen and oxygen atoms in total. The zero-order valence-electron chi connectivity index (χ0n) is 17.9. The number of aromatic amines is 1. The van der Waals surface area contributed by atoms with E-state index in [4.69, 9.17) is 11.6 Å². The minimum Gasteiger partial charge on any atom is -0.348 e.